The highest BCUT2D eigenvalue weighted by molar-refractivity contribution is 5.93. The molecule has 6 heteroatoms. The lowest BCUT2D eigenvalue weighted by Gasteiger charge is -1.91. The van der Waals surface area contributed by atoms with Gasteiger partial charge in [-0.15, -0.1) is 0 Å². The molecule has 0 atom stereocenters. The molecule has 2 N–H and O–H groups in total. The molecule has 0 aliphatic heterocycles. The molecule has 0 unspecified atom stereocenters. The van der Waals surface area contributed by atoms with Crippen molar-refractivity contribution in [3.05, 3.63) is 23.5 Å². The molecule has 0 bridgehead atoms. The van der Waals surface area contributed by atoms with Gasteiger partial charge in [-0.1, -0.05) is 5.16 Å². The first kappa shape index (κ1) is 8.49. The van der Waals surface area contributed by atoms with Crippen LogP contribution in [0.25, 0.3) is 11.5 Å². The predicted molar refractivity (Wildman–Crippen MR) is 45.8 cm³/mol. The van der Waals surface area contributed by atoms with Crippen LogP contribution in [0.1, 0.15) is 16.1 Å². The van der Waals surface area contributed by atoms with E-state index < -0.39 is 5.97 Å². The molecule has 0 aromatic carbocycles. The number of H-pyrrole nitrogens is 1. The minimum Gasteiger partial charge on any atom is -0.478 e. The van der Waals surface area contributed by atoms with Gasteiger partial charge in [-0.2, -0.15) is 5.10 Å². The van der Waals surface area contributed by atoms with Gasteiger partial charge in [-0.05, 0) is 6.92 Å². The minimum absolute atomic E-state index is 0.0705. The second kappa shape index (κ2) is 2.99. The van der Waals surface area contributed by atoms with Crippen LogP contribution in [-0.4, -0.2) is 26.4 Å². The van der Waals surface area contributed by atoms with Crippen LogP contribution >= 0.6 is 0 Å². The normalized spacial score (nSPS) is 10.4. The molecule has 0 saturated heterocycles. The predicted octanol–water partition coefficient (Wildman–Crippen LogP) is 1.07. The van der Waals surface area contributed by atoms with Gasteiger partial charge in [-0.3, -0.25) is 5.10 Å². The van der Waals surface area contributed by atoms with Gasteiger partial charge in [0, 0.05) is 6.07 Å². The molecule has 2 heterocycles. The topological polar surface area (TPSA) is 92.0 Å². The largest absolute Gasteiger partial charge is 0.478 e. The number of aromatic amines is 1. The van der Waals surface area contributed by atoms with Gasteiger partial charge < -0.3 is 9.63 Å². The van der Waals surface area contributed by atoms with E-state index in [0.29, 0.717) is 17.1 Å². The maximum atomic E-state index is 10.7. The zero-order chi connectivity index (χ0) is 10.1. The Labute approximate surface area is 78.5 Å². The Morgan fingerprint density at radius 1 is 1.64 bits per heavy atom. The monoisotopic (exact) mass is 193 g/mol. The van der Waals surface area contributed by atoms with Crippen molar-refractivity contribution in [2.45, 2.75) is 6.92 Å². The summed E-state index contributed by atoms with van der Waals surface area (Å²) in [4.78, 5) is 10.7. The van der Waals surface area contributed by atoms with Gasteiger partial charge in [0.2, 0.25) is 0 Å². The van der Waals surface area contributed by atoms with E-state index in [9.17, 15) is 4.79 Å². The van der Waals surface area contributed by atoms with Gasteiger partial charge in [0.25, 0.3) is 0 Å². The lowest BCUT2D eigenvalue weighted by Crippen LogP contribution is -1.95. The van der Waals surface area contributed by atoms with Crippen LogP contribution in [0.2, 0.25) is 0 Å². The Balaban J connectivity index is 2.51. The van der Waals surface area contributed by atoms with Crippen molar-refractivity contribution >= 4 is 5.97 Å². The summed E-state index contributed by atoms with van der Waals surface area (Å²) in [5, 5.41) is 18.6. The average molecular weight is 193 g/mol. The van der Waals surface area contributed by atoms with E-state index in [1.165, 1.54) is 6.20 Å². The van der Waals surface area contributed by atoms with Crippen LogP contribution in [0.4, 0.5) is 0 Å². The first-order valence-electron chi connectivity index (χ1n) is 3.89. The van der Waals surface area contributed by atoms with Gasteiger partial charge in [0.05, 0.1) is 11.9 Å². The highest BCUT2D eigenvalue weighted by atomic mass is 16.5. The number of rotatable bonds is 2. The summed E-state index contributed by atoms with van der Waals surface area (Å²) < 4.78 is 4.91. The molecule has 0 spiro atoms. The lowest BCUT2D eigenvalue weighted by atomic mass is 10.2. The molecule has 6 nitrogen and oxygen atoms in total. The van der Waals surface area contributed by atoms with Crippen molar-refractivity contribution in [3.63, 3.8) is 0 Å². The molecule has 0 amide bonds. The van der Waals surface area contributed by atoms with Crippen molar-refractivity contribution in [3.8, 4) is 11.5 Å². The summed E-state index contributed by atoms with van der Waals surface area (Å²) in [6.45, 7) is 1.75. The van der Waals surface area contributed by atoms with E-state index in [2.05, 4.69) is 15.4 Å². The van der Waals surface area contributed by atoms with Crippen LogP contribution in [0.3, 0.4) is 0 Å². The standard InChI is InChI=1S/C8H7N3O3/c1-4-2-6(14-11-4)7-5(8(12)13)3-9-10-7/h2-3H,1H3,(H,9,10)(H,12,13). The fourth-order valence-electron chi connectivity index (χ4n) is 1.12. The van der Waals surface area contributed by atoms with Crippen molar-refractivity contribution in [2.75, 3.05) is 0 Å². The van der Waals surface area contributed by atoms with E-state index in [0.717, 1.165) is 0 Å². The van der Waals surface area contributed by atoms with Crippen molar-refractivity contribution in [1.82, 2.24) is 15.4 Å². The van der Waals surface area contributed by atoms with E-state index >= 15 is 0 Å². The Hall–Kier alpha value is -2.11. The summed E-state index contributed by atoms with van der Waals surface area (Å²) in [6.07, 6.45) is 1.23. The van der Waals surface area contributed by atoms with E-state index in [4.69, 9.17) is 9.63 Å². The number of carbonyl (C=O) groups is 1. The van der Waals surface area contributed by atoms with Crippen molar-refractivity contribution in [1.29, 1.82) is 0 Å². The number of aromatic carboxylic acids is 1. The van der Waals surface area contributed by atoms with Gasteiger partial charge in [0.1, 0.15) is 11.3 Å². The molecule has 14 heavy (non-hydrogen) atoms. The number of aryl methyl sites for hydroxylation is 1. The van der Waals surface area contributed by atoms with E-state index in [-0.39, 0.29) is 5.56 Å². The quantitative estimate of drug-likeness (QED) is 0.744. The zero-order valence-electron chi connectivity index (χ0n) is 7.31. The lowest BCUT2D eigenvalue weighted by molar-refractivity contribution is 0.0697. The number of carboxylic acid groups (broad SMARTS) is 1. The first-order valence-corrected chi connectivity index (χ1v) is 3.89. The van der Waals surface area contributed by atoms with Crippen LogP contribution in [0, 0.1) is 6.92 Å². The minimum atomic E-state index is -1.05. The maximum absolute atomic E-state index is 10.7. The Bertz CT molecular complexity index is 472. The number of nitrogens with zero attached hydrogens (tertiary/aromatic N) is 2. The third-order valence-corrected chi connectivity index (χ3v) is 1.74. The molecule has 0 aliphatic carbocycles. The second-order valence-corrected chi connectivity index (χ2v) is 2.80. The van der Waals surface area contributed by atoms with Crippen LogP contribution < -0.4 is 0 Å². The zero-order valence-corrected chi connectivity index (χ0v) is 7.31. The highest BCUT2D eigenvalue weighted by Crippen LogP contribution is 2.21. The number of aromatic nitrogens is 3. The van der Waals surface area contributed by atoms with Crippen LogP contribution in [0.15, 0.2) is 16.8 Å². The fourth-order valence-corrected chi connectivity index (χ4v) is 1.12. The van der Waals surface area contributed by atoms with Crippen molar-refractivity contribution in [2.24, 2.45) is 0 Å². The van der Waals surface area contributed by atoms with Crippen LogP contribution in [0.5, 0.6) is 0 Å². The summed E-state index contributed by atoms with van der Waals surface area (Å²) >= 11 is 0. The molecule has 2 aromatic rings. The molecular weight excluding hydrogens is 186 g/mol. The van der Waals surface area contributed by atoms with E-state index in [1.54, 1.807) is 13.0 Å². The SMILES string of the molecule is Cc1cc(-c2[nH]ncc2C(=O)O)on1. The number of hydrogen-bond acceptors (Lipinski definition) is 4. The van der Waals surface area contributed by atoms with Gasteiger partial charge >= 0.3 is 5.97 Å². The Morgan fingerprint density at radius 2 is 2.43 bits per heavy atom. The molecular formula is C8H7N3O3. The smallest absolute Gasteiger partial charge is 0.339 e. The number of carboxylic acids is 1. The van der Waals surface area contributed by atoms with Gasteiger partial charge in [-0.25, -0.2) is 4.79 Å². The molecule has 0 fully saturated rings. The molecule has 0 radical (unpaired) electrons. The molecule has 2 aromatic heterocycles. The third-order valence-electron chi connectivity index (χ3n) is 1.74. The Morgan fingerprint density at radius 3 is 3.00 bits per heavy atom. The second-order valence-electron chi connectivity index (χ2n) is 2.80. The molecule has 0 saturated carbocycles. The molecule has 2 rings (SSSR count). The van der Waals surface area contributed by atoms with Gasteiger partial charge in [0.15, 0.2) is 5.76 Å². The summed E-state index contributed by atoms with van der Waals surface area (Å²) in [5.41, 5.74) is 1.09. The average Bonchev–Trinajstić information content (AvgIpc) is 2.70. The number of hydrogen-bond donors (Lipinski definition) is 2. The highest BCUT2D eigenvalue weighted by Gasteiger charge is 2.16. The first-order chi connectivity index (χ1) is 6.68. The summed E-state index contributed by atoms with van der Waals surface area (Å²) in [5.74, 6) is -0.680. The molecule has 0 aliphatic rings. The number of nitrogens with one attached hydrogen (secondary N) is 1. The summed E-state index contributed by atoms with van der Waals surface area (Å²) in [6, 6.07) is 1.64. The van der Waals surface area contributed by atoms with Crippen LogP contribution in [-0.2, 0) is 0 Å². The Kier molecular flexibility index (Phi) is 1.81. The third kappa shape index (κ3) is 1.26. The molecule has 72 valence electrons. The maximum Gasteiger partial charge on any atom is 0.339 e. The van der Waals surface area contributed by atoms with Crippen molar-refractivity contribution < 1.29 is 14.4 Å². The van der Waals surface area contributed by atoms with E-state index in [1.807, 2.05) is 0 Å². The fraction of sp³-hybridized carbons (Fsp3) is 0.125. The summed E-state index contributed by atoms with van der Waals surface area (Å²) in [7, 11) is 0.